The predicted octanol–water partition coefficient (Wildman–Crippen LogP) is 6.43. The smallest absolute Gasteiger partial charge is 0.404 e. The van der Waals surface area contributed by atoms with Gasteiger partial charge in [-0.25, -0.2) is 29.8 Å². The van der Waals surface area contributed by atoms with Gasteiger partial charge in [-0.1, -0.05) is 30.4 Å². The Kier molecular flexibility index (Phi) is 8.62. The van der Waals surface area contributed by atoms with Gasteiger partial charge in [-0.05, 0) is 49.9 Å². The molecule has 1 fully saturated rings. The highest BCUT2D eigenvalue weighted by Crippen LogP contribution is 2.36. The molecule has 1 aliphatic heterocycles. The van der Waals surface area contributed by atoms with Crippen LogP contribution in [0.4, 0.5) is 35.2 Å². The van der Waals surface area contributed by atoms with Gasteiger partial charge in [0, 0.05) is 16.9 Å². The summed E-state index contributed by atoms with van der Waals surface area (Å²) >= 11 is 0. The Bertz CT molecular complexity index is 1600. The molecule has 3 aromatic heterocycles. The number of H-pyrrole nitrogens is 1. The lowest BCUT2D eigenvalue weighted by Gasteiger charge is -2.18. The van der Waals surface area contributed by atoms with Gasteiger partial charge < -0.3 is 20.4 Å². The van der Waals surface area contributed by atoms with Crippen LogP contribution in [0.15, 0.2) is 67.4 Å². The van der Waals surface area contributed by atoms with E-state index in [2.05, 4.69) is 64.6 Å². The minimum atomic E-state index is -4.90. The average molecular weight is 581 g/mol. The number of urea groups is 1. The largest absolute Gasteiger partial charge is 0.573 e. The van der Waals surface area contributed by atoms with Crippen molar-refractivity contribution in [2.24, 2.45) is 0 Å². The molecule has 0 spiro atoms. The Morgan fingerprint density at radius 1 is 1.10 bits per heavy atom. The summed E-state index contributed by atoms with van der Waals surface area (Å²) in [5, 5.41) is 7.14. The number of aryl methyl sites for hydroxylation is 1. The molecule has 4 heterocycles. The van der Waals surface area contributed by atoms with E-state index in [-0.39, 0.29) is 17.1 Å². The van der Waals surface area contributed by atoms with E-state index < -0.39 is 18.1 Å². The molecule has 0 saturated carbocycles. The highest BCUT2D eigenvalue weighted by atomic mass is 19.4. The standard InChI is InChI=1S/C22H19F3N8O3.C6H8/c1-12-3-4-13(31-21(34)33-5-2-6-35-33)7-16(12)32-19-15(8-14(9-26-19)36-22(23,24)25)17-18-20(29-10-27-17)30-11-28-18;1-2-4-6-5-3-1/h3-4,7-11H,2,5-6H2,1H3,(H,26,32)(H,31,34)(H,27,28,29,30);1-4H,5-6H2. The zero-order valence-corrected chi connectivity index (χ0v) is 22.5. The first-order valence-electron chi connectivity index (χ1n) is 13.1. The Morgan fingerprint density at radius 3 is 2.60 bits per heavy atom. The van der Waals surface area contributed by atoms with E-state index in [9.17, 15) is 18.0 Å². The number of alkyl halides is 3. The Morgan fingerprint density at radius 2 is 1.90 bits per heavy atom. The Hall–Kier alpha value is -4.98. The monoisotopic (exact) mass is 580 g/mol. The number of hydrogen-bond acceptors (Lipinski definition) is 8. The SMILES string of the molecule is C1=CCCC=C1.Cc1ccc(NC(=O)N2CCCO2)cc1Nc1ncc(OC(F)(F)F)cc1-c1ncnc2nc[nH]c12. The van der Waals surface area contributed by atoms with Crippen molar-refractivity contribution in [1.82, 2.24) is 30.0 Å². The maximum Gasteiger partial charge on any atom is 0.573 e. The van der Waals surface area contributed by atoms with E-state index >= 15 is 0 Å². The quantitative estimate of drug-likeness (QED) is 0.246. The lowest BCUT2D eigenvalue weighted by molar-refractivity contribution is -0.274. The maximum atomic E-state index is 12.9. The lowest BCUT2D eigenvalue weighted by Crippen LogP contribution is -2.31. The number of halogens is 3. The third-order valence-corrected chi connectivity index (χ3v) is 6.18. The van der Waals surface area contributed by atoms with Crippen LogP contribution in [0, 0.1) is 6.92 Å². The molecule has 0 atom stereocenters. The second-order valence-corrected chi connectivity index (χ2v) is 9.25. The number of rotatable bonds is 5. The van der Waals surface area contributed by atoms with Gasteiger partial charge in [0.1, 0.15) is 29.1 Å². The van der Waals surface area contributed by atoms with Gasteiger partial charge >= 0.3 is 12.4 Å². The fourth-order valence-corrected chi connectivity index (χ4v) is 4.18. The van der Waals surface area contributed by atoms with Crippen molar-refractivity contribution >= 4 is 34.4 Å². The molecule has 2 aliphatic rings. The highest BCUT2D eigenvalue weighted by Gasteiger charge is 2.32. The summed E-state index contributed by atoms with van der Waals surface area (Å²) in [6.45, 7) is 2.79. The number of anilines is 3. The van der Waals surface area contributed by atoms with E-state index in [1.54, 1.807) is 18.2 Å². The summed E-state index contributed by atoms with van der Waals surface area (Å²) in [5.41, 5.74) is 3.07. The summed E-state index contributed by atoms with van der Waals surface area (Å²) in [4.78, 5) is 37.1. The van der Waals surface area contributed by atoms with Crippen molar-refractivity contribution in [2.45, 2.75) is 32.5 Å². The zero-order valence-electron chi connectivity index (χ0n) is 22.5. The van der Waals surface area contributed by atoms with Crippen LogP contribution < -0.4 is 15.4 Å². The molecule has 4 aromatic rings. The van der Waals surface area contributed by atoms with Crippen LogP contribution in [0.5, 0.6) is 5.75 Å². The van der Waals surface area contributed by atoms with Crippen molar-refractivity contribution in [1.29, 1.82) is 0 Å². The Balaban J connectivity index is 0.000000524. The lowest BCUT2D eigenvalue weighted by atomic mass is 10.1. The van der Waals surface area contributed by atoms with Crippen LogP contribution >= 0.6 is 0 Å². The molecule has 1 aliphatic carbocycles. The maximum absolute atomic E-state index is 12.9. The molecular weight excluding hydrogens is 553 g/mol. The highest BCUT2D eigenvalue weighted by molar-refractivity contribution is 5.93. The molecule has 218 valence electrons. The zero-order chi connectivity index (χ0) is 29.5. The summed E-state index contributed by atoms with van der Waals surface area (Å²) < 4.78 is 42.7. The number of hydroxylamine groups is 2. The summed E-state index contributed by atoms with van der Waals surface area (Å²) in [6.07, 6.45) is 10.5. The number of imidazole rings is 1. The summed E-state index contributed by atoms with van der Waals surface area (Å²) in [5.74, 6) is -0.314. The molecular formula is C28H27F3N8O3. The molecule has 0 unspecified atom stereocenters. The normalized spacial score (nSPS) is 14.4. The van der Waals surface area contributed by atoms with Crippen molar-refractivity contribution in [3.05, 3.63) is 73.0 Å². The molecule has 42 heavy (non-hydrogen) atoms. The summed E-state index contributed by atoms with van der Waals surface area (Å²) in [7, 11) is 0. The minimum absolute atomic E-state index is 0.202. The molecule has 0 bridgehead atoms. The number of carbonyl (C=O) groups is 1. The van der Waals surface area contributed by atoms with Gasteiger partial charge in [-0.3, -0.25) is 4.84 Å². The van der Waals surface area contributed by atoms with Gasteiger partial charge in [-0.2, -0.15) is 0 Å². The molecule has 6 rings (SSSR count). The van der Waals surface area contributed by atoms with Crippen molar-refractivity contribution in [3.8, 4) is 17.0 Å². The number of amides is 2. The number of aromatic amines is 1. The Labute approximate surface area is 238 Å². The molecule has 1 aromatic carbocycles. The van der Waals surface area contributed by atoms with Gasteiger partial charge in [0.25, 0.3) is 0 Å². The van der Waals surface area contributed by atoms with Crippen LogP contribution in [0.25, 0.3) is 22.4 Å². The fourth-order valence-electron chi connectivity index (χ4n) is 4.18. The number of aromatic nitrogens is 5. The number of ether oxygens (including phenoxy) is 1. The van der Waals surface area contributed by atoms with Gasteiger partial charge in [0.05, 0.1) is 25.7 Å². The van der Waals surface area contributed by atoms with Crippen LogP contribution in [-0.2, 0) is 4.84 Å². The van der Waals surface area contributed by atoms with Gasteiger partial charge in [0.2, 0.25) is 0 Å². The molecule has 11 nitrogen and oxygen atoms in total. The van der Waals surface area contributed by atoms with E-state index in [0.29, 0.717) is 35.7 Å². The van der Waals surface area contributed by atoms with Crippen LogP contribution in [0.1, 0.15) is 24.8 Å². The summed E-state index contributed by atoms with van der Waals surface area (Å²) in [6, 6.07) is 5.96. The van der Waals surface area contributed by atoms with Crippen LogP contribution in [0.3, 0.4) is 0 Å². The third kappa shape index (κ3) is 7.20. The first-order chi connectivity index (χ1) is 20.3. The number of nitrogens with zero attached hydrogens (tertiary/aromatic N) is 5. The average Bonchev–Trinajstić information content (AvgIpc) is 3.69. The predicted molar refractivity (Wildman–Crippen MR) is 150 cm³/mol. The number of allylic oxidation sites excluding steroid dienone is 4. The second kappa shape index (κ2) is 12.7. The number of benzene rings is 1. The number of carbonyl (C=O) groups excluding carboxylic acids is 1. The van der Waals surface area contributed by atoms with Crippen molar-refractivity contribution in [3.63, 3.8) is 0 Å². The molecule has 2 amide bonds. The van der Waals surface area contributed by atoms with E-state index in [4.69, 9.17) is 4.84 Å². The van der Waals surface area contributed by atoms with Crippen molar-refractivity contribution in [2.75, 3.05) is 23.8 Å². The molecule has 3 N–H and O–H groups in total. The third-order valence-electron chi connectivity index (χ3n) is 6.18. The topological polar surface area (TPSA) is 130 Å². The van der Waals surface area contributed by atoms with Crippen LogP contribution in [-0.4, -0.2) is 55.5 Å². The van der Waals surface area contributed by atoms with E-state index in [1.165, 1.54) is 36.6 Å². The number of hydrogen-bond donors (Lipinski definition) is 3. The van der Waals surface area contributed by atoms with Gasteiger partial charge in [0.15, 0.2) is 5.65 Å². The van der Waals surface area contributed by atoms with Crippen molar-refractivity contribution < 1.29 is 27.5 Å². The van der Waals surface area contributed by atoms with E-state index in [1.807, 2.05) is 6.92 Å². The molecule has 0 radical (unpaired) electrons. The van der Waals surface area contributed by atoms with Crippen LogP contribution in [0.2, 0.25) is 0 Å². The second-order valence-electron chi connectivity index (χ2n) is 9.25. The number of pyridine rings is 1. The van der Waals surface area contributed by atoms with E-state index in [0.717, 1.165) is 18.2 Å². The van der Waals surface area contributed by atoms with Gasteiger partial charge in [-0.15, -0.1) is 13.2 Å². The first-order valence-corrected chi connectivity index (χ1v) is 13.1. The molecule has 14 heteroatoms. The molecule has 1 saturated heterocycles. The fraction of sp³-hybridized carbons (Fsp3) is 0.250. The number of nitrogens with one attached hydrogen (secondary N) is 3. The minimum Gasteiger partial charge on any atom is -0.404 e. The first kappa shape index (κ1) is 28.5. The number of fused-ring (bicyclic) bond motifs is 1.